The third-order valence-corrected chi connectivity index (χ3v) is 12.8. The molecular formula is C34H63IN2O. The quantitative estimate of drug-likeness (QED) is 0.311. The molecule has 3 nitrogen and oxygen atoms in total. The van der Waals surface area contributed by atoms with Gasteiger partial charge in [0.15, 0.2) is 0 Å². The van der Waals surface area contributed by atoms with E-state index in [0.29, 0.717) is 22.7 Å². The van der Waals surface area contributed by atoms with E-state index < -0.39 is 0 Å². The number of amides is 1. The van der Waals surface area contributed by atoms with Gasteiger partial charge in [0.2, 0.25) is 5.91 Å². The highest BCUT2D eigenvalue weighted by Gasteiger charge is 2.60. The Morgan fingerprint density at radius 2 is 1.66 bits per heavy atom. The molecule has 0 spiro atoms. The van der Waals surface area contributed by atoms with Crippen LogP contribution in [0.3, 0.4) is 0 Å². The summed E-state index contributed by atoms with van der Waals surface area (Å²) in [5.41, 5.74) is 1.17. The number of fused-ring (bicyclic) bond motifs is 5. The largest absolute Gasteiger partial charge is 1.00 e. The fourth-order valence-corrected chi connectivity index (χ4v) is 10.7. The van der Waals surface area contributed by atoms with Crippen molar-refractivity contribution in [3.63, 3.8) is 0 Å². The topological polar surface area (TPSA) is 33.5 Å². The molecule has 9 atom stereocenters. The van der Waals surface area contributed by atoms with Crippen molar-refractivity contribution in [1.29, 1.82) is 0 Å². The summed E-state index contributed by atoms with van der Waals surface area (Å²) in [6.07, 6.45) is 21.6. The summed E-state index contributed by atoms with van der Waals surface area (Å²) in [5.74, 6) is 6.52. The van der Waals surface area contributed by atoms with Crippen molar-refractivity contribution in [3.8, 4) is 0 Å². The smallest absolute Gasteiger partial charge is 0.220 e. The molecule has 2 N–H and O–H groups in total. The molecule has 2 unspecified atom stereocenters. The molecule has 4 heteroatoms. The minimum Gasteiger partial charge on any atom is -1.00 e. The van der Waals surface area contributed by atoms with Gasteiger partial charge in [0, 0.05) is 13.0 Å². The molecule has 4 saturated carbocycles. The molecule has 4 aliphatic carbocycles. The fraction of sp³-hybridized carbons (Fsp3) is 0.971. The van der Waals surface area contributed by atoms with Crippen LogP contribution >= 0.6 is 0 Å². The van der Waals surface area contributed by atoms with Gasteiger partial charge in [-0.1, -0.05) is 53.4 Å². The molecule has 0 aromatic carbocycles. The number of hydrogen-bond donors (Lipinski definition) is 2. The molecule has 4 fully saturated rings. The molecule has 0 saturated heterocycles. The highest BCUT2D eigenvalue weighted by Crippen LogP contribution is 2.68. The minimum atomic E-state index is 0. The molecular weight excluding hydrogens is 579 g/mol. The molecule has 0 aromatic rings. The Kier molecular flexibility index (Phi) is 12.4. The van der Waals surface area contributed by atoms with Gasteiger partial charge in [0.05, 0.1) is 20.6 Å². The maximum atomic E-state index is 12.8. The van der Waals surface area contributed by atoms with E-state index in [1.807, 2.05) is 0 Å². The Labute approximate surface area is 253 Å². The molecule has 0 bridgehead atoms. The average Bonchev–Trinajstić information content (AvgIpc) is 3.22. The van der Waals surface area contributed by atoms with Gasteiger partial charge in [0.25, 0.3) is 0 Å². The van der Waals surface area contributed by atoms with Crippen LogP contribution in [0.15, 0.2) is 0 Å². The van der Waals surface area contributed by atoms with E-state index in [4.69, 9.17) is 0 Å². The number of halogens is 1. The molecule has 0 aliphatic heterocycles. The van der Waals surface area contributed by atoms with Gasteiger partial charge in [-0.3, -0.25) is 4.79 Å². The zero-order chi connectivity index (χ0) is 26.6. The van der Waals surface area contributed by atoms with Crippen molar-refractivity contribution in [3.05, 3.63) is 0 Å². The van der Waals surface area contributed by atoms with Crippen LogP contribution in [0.1, 0.15) is 130 Å². The van der Waals surface area contributed by atoms with Gasteiger partial charge >= 0.3 is 0 Å². The molecule has 0 heterocycles. The van der Waals surface area contributed by atoms with E-state index in [-0.39, 0.29) is 24.0 Å². The van der Waals surface area contributed by atoms with E-state index in [9.17, 15) is 4.79 Å². The van der Waals surface area contributed by atoms with E-state index in [2.05, 4.69) is 47.1 Å². The molecule has 0 radical (unpaired) electrons. The molecule has 0 aromatic heterocycles. The second-order valence-electron chi connectivity index (χ2n) is 15.2. The van der Waals surface area contributed by atoms with Crippen LogP contribution in [-0.4, -0.2) is 33.1 Å². The summed E-state index contributed by atoms with van der Waals surface area (Å²) in [4.78, 5) is 14.3. The maximum absolute atomic E-state index is 12.8. The number of carbonyl (C=O) groups excluding carboxylic acids is 1. The van der Waals surface area contributed by atoms with Gasteiger partial charge in [-0.05, 0) is 123 Å². The van der Waals surface area contributed by atoms with Gasteiger partial charge in [-0.2, -0.15) is 0 Å². The lowest BCUT2D eigenvalue weighted by atomic mass is 9.44. The minimum absolute atomic E-state index is 0. The van der Waals surface area contributed by atoms with E-state index in [1.165, 1.54) is 94.9 Å². The second kappa shape index (κ2) is 14.4. The Morgan fingerprint density at radius 1 is 0.895 bits per heavy atom. The SMILES string of the molecule is CCCC(CCNC(=O)CC[C@@H](C)[C@H]1CC[C@H]2[C@@H]3CCC4CCCC[C@]4(C)[C@H]3CC[C@]12C)CC[NH+](C)C.[I-]. The first kappa shape index (κ1) is 32.7. The van der Waals surface area contributed by atoms with Crippen LogP contribution in [0.2, 0.25) is 0 Å². The van der Waals surface area contributed by atoms with Crippen LogP contribution < -0.4 is 34.2 Å². The summed E-state index contributed by atoms with van der Waals surface area (Å²) >= 11 is 0. The Balaban J connectivity index is 0.00000400. The summed E-state index contributed by atoms with van der Waals surface area (Å²) in [6.45, 7) is 12.3. The van der Waals surface area contributed by atoms with Gasteiger partial charge in [-0.15, -0.1) is 0 Å². The predicted molar refractivity (Wildman–Crippen MR) is 157 cm³/mol. The summed E-state index contributed by atoms with van der Waals surface area (Å²) in [7, 11) is 4.48. The number of nitrogens with one attached hydrogen (secondary N) is 2. The monoisotopic (exact) mass is 642 g/mol. The van der Waals surface area contributed by atoms with Crippen LogP contribution in [-0.2, 0) is 4.79 Å². The van der Waals surface area contributed by atoms with Crippen molar-refractivity contribution in [2.45, 2.75) is 130 Å². The number of carbonyl (C=O) groups is 1. The van der Waals surface area contributed by atoms with Crippen molar-refractivity contribution in [2.75, 3.05) is 27.2 Å². The molecule has 1 amide bonds. The lowest BCUT2D eigenvalue weighted by Gasteiger charge is -2.61. The Morgan fingerprint density at radius 3 is 2.39 bits per heavy atom. The van der Waals surface area contributed by atoms with Gasteiger partial charge in [-0.25, -0.2) is 0 Å². The molecule has 4 rings (SSSR count). The summed E-state index contributed by atoms with van der Waals surface area (Å²) in [6, 6.07) is 0. The van der Waals surface area contributed by atoms with Crippen LogP contribution in [0.25, 0.3) is 0 Å². The lowest BCUT2D eigenvalue weighted by molar-refractivity contribution is -0.858. The van der Waals surface area contributed by atoms with Crippen LogP contribution in [0, 0.1) is 52.3 Å². The average molecular weight is 643 g/mol. The first-order valence-electron chi connectivity index (χ1n) is 16.7. The summed E-state index contributed by atoms with van der Waals surface area (Å²) in [5, 5.41) is 3.29. The third kappa shape index (κ3) is 7.13. The summed E-state index contributed by atoms with van der Waals surface area (Å²) < 4.78 is 0. The van der Waals surface area contributed by atoms with Crippen molar-refractivity contribution >= 4 is 5.91 Å². The fourth-order valence-electron chi connectivity index (χ4n) is 10.7. The zero-order valence-electron chi connectivity index (χ0n) is 26.1. The lowest BCUT2D eigenvalue weighted by Crippen LogP contribution is -3.05. The third-order valence-electron chi connectivity index (χ3n) is 12.8. The molecule has 4 aliphatic rings. The second-order valence-corrected chi connectivity index (χ2v) is 15.2. The Hall–Kier alpha value is 0.160. The molecule has 222 valence electrons. The predicted octanol–water partition coefficient (Wildman–Crippen LogP) is 3.91. The van der Waals surface area contributed by atoms with Gasteiger partial charge in [0.1, 0.15) is 0 Å². The normalized spacial score (nSPS) is 37.9. The van der Waals surface area contributed by atoms with Crippen molar-refractivity contribution in [2.24, 2.45) is 52.3 Å². The van der Waals surface area contributed by atoms with Gasteiger partial charge < -0.3 is 34.2 Å². The number of quaternary nitrogens is 1. The highest BCUT2D eigenvalue weighted by molar-refractivity contribution is 5.75. The zero-order valence-corrected chi connectivity index (χ0v) is 28.2. The first-order valence-corrected chi connectivity index (χ1v) is 16.7. The van der Waals surface area contributed by atoms with E-state index >= 15 is 0 Å². The van der Waals surface area contributed by atoms with E-state index in [1.54, 1.807) is 0 Å². The van der Waals surface area contributed by atoms with Crippen LogP contribution in [0.5, 0.6) is 0 Å². The maximum Gasteiger partial charge on any atom is 0.220 e. The number of rotatable bonds is 12. The highest BCUT2D eigenvalue weighted by atomic mass is 127. The van der Waals surface area contributed by atoms with Crippen molar-refractivity contribution in [1.82, 2.24) is 5.32 Å². The van der Waals surface area contributed by atoms with Crippen LogP contribution in [0.4, 0.5) is 0 Å². The van der Waals surface area contributed by atoms with E-state index in [0.717, 1.165) is 61.3 Å². The van der Waals surface area contributed by atoms with Crippen molar-refractivity contribution < 1.29 is 33.7 Å². The molecule has 38 heavy (non-hydrogen) atoms. The first-order chi connectivity index (χ1) is 17.7. The Bertz CT molecular complexity index is 742. The standard InChI is InChI=1S/C34H62N2O.HI/c1-7-10-26(20-24-36(5)6)19-23-35-32(37)17-12-25(2)29-15-16-30-28-14-13-27-11-8-9-21-33(27,3)31(28)18-22-34(29,30)4;/h25-31H,7-24H2,1-6H3,(H,35,37);1H/t25-,26?,27?,28+,29-,30+,31+,33+,34-;/m1./s1. The number of hydrogen-bond acceptors (Lipinski definition) is 1.